The van der Waals surface area contributed by atoms with Crippen LogP contribution >= 0.6 is 0 Å². The first kappa shape index (κ1) is 13.1. The van der Waals surface area contributed by atoms with Crippen molar-refractivity contribution < 1.29 is 13.9 Å². The molecule has 0 radical (unpaired) electrons. The number of ketones is 1. The fourth-order valence-corrected chi connectivity index (χ4v) is 1.91. The van der Waals surface area contributed by atoms with E-state index < -0.39 is 5.63 Å². The first-order chi connectivity index (χ1) is 9.02. The van der Waals surface area contributed by atoms with E-state index in [4.69, 9.17) is 9.15 Å². The maximum atomic E-state index is 12.3. The van der Waals surface area contributed by atoms with Crippen LogP contribution in [-0.4, -0.2) is 12.9 Å². The molecule has 2 rings (SSSR count). The SMILES string of the molecule is C=C(C)CC(=O)c1c(OC)ccc2ccc(=O)oc12. The Morgan fingerprint density at radius 3 is 2.63 bits per heavy atom. The van der Waals surface area contributed by atoms with Crippen LogP contribution in [0.3, 0.4) is 0 Å². The van der Waals surface area contributed by atoms with E-state index in [-0.39, 0.29) is 17.8 Å². The summed E-state index contributed by atoms with van der Waals surface area (Å²) < 4.78 is 10.3. The Morgan fingerprint density at radius 1 is 1.32 bits per heavy atom. The molecule has 4 heteroatoms. The number of allylic oxidation sites excluding steroid dienone is 1. The van der Waals surface area contributed by atoms with Crippen LogP contribution in [0.4, 0.5) is 0 Å². The number of benzene rings is 1. The predicted molar refractivity (Wildman–Crippen MR) is 72.8 cm³/mol. The average molecular weight is 258 g/mol. The molecule has 0 atom stereocenters. The highest BCUT2D eigenvalue weighted by molar-refractivity contribution is 6.09. The fourth-order valence-electron chi connectivity index (χ4n) is 1.91. The van der Waals surface area contributed by atoms with Crippen molar-refractivity contribution in [2.24, 2.45) is 0 Å². The third-order valence-corrected chi connectivity index (χ3v) is 2.71. The molecular formula is C15H14O4. The largest absolute Gasteiger partial charge is 0.496 e. The van der Waals surface area contributed by atoms with Crippen molar-refractivity contribution in [3.63, 3.8) is 0 Å². The molecular weight excluding hydrogens is 244 g/mol. The quantitative estimate of drug-likeness (QED) is 0.480. The van der Waals surface area contributed by atoms with Gasteiger partial charge in [-0.05, 0) is 25.1 Å². The Morgan fingerprint density at radius 2 is 2.00 bits per heavy atom. The summed E-state index contributed by atoms with van der Waals surface area (Å²) >= 11 is 0. The maximum absolute atomic E-state index is 12.3. The summed E-state index contributed by atoms with van der Waals surface area (Å²) in [5, 5.41) is 0.686. The molecule has 0 aliphatic heterocycles. The summed E-state index contributed by atoms with van der Waals surface area (Å²) in [5.41, 5.74) is 0.797. The molecule has 0 saturated heterocycles. The third-order valence-electron chi connectivity index (χ3n) is 2.71. The molecule has 4 nitrogen and oxygen atoms in total. The Hall–Kier alpha value is -2.36. The van der Waals surface area contributed by atoms with E-state index in [0.717, 1.165) is 5.57 Å². The van der Waals surface area contributed by atoms with E-state index in [2.05, 4.69) is 6.58 Å². The molecule has 0 aliphatic rings. The van der Waals surface area contributed by atoms with Crippen LogP contribution in [0.25, 0.3) is 11.0 Å². The zero-order chi connectivity index (χ0) is 14.0. The van der Waals surface area contributed by atoms with Crippen molar-refractivity contribution in [3.8, 4) is 5.75 Å². The van der Waals surface area contributed by atoms with Gasteiger partial charge in [0.15, 0.2) is 11.4 Å². The Labute approximate surface area is 110 Å². The van der Waals surface area contributed by atoms with Crippen molar-refractivity contribution in [3.05, 3.63) is 52.4 Å². The second-order valence-electron chi connectivity index (χ2n) is 4.37. The molecule has 1 aromatic heterocycles. The minimum Gasteiger partial charge on any atom is -0.496 e. The van der Waals surface area contributed by atoms with Gasteiger partial charge >= 0.3 is 5.63 Å². The number of Topliss-reactive ketones (excluding diaryl/α,β-unsaturated/α-hetero) is 1. The van der Waals surface area contributed by atoms with Crippen LogP contribution < -0.4 is 10.4 Å². The number of hydrogen-bond acceptors (Lipinski definition) is 4. The molecule has 19 heavy (non-hydrogen) atoms. The minimum atomic E-state index is -0.495. The summed E-state index contributed by atoms with van der Waals surface area (Å²) in [7, 11) is 1.47. The Balaban J connectivity index is 2.73. The highest BCUT2D eigenvalue weighted by atomic mass is 16.5. The van der Waals surface area contributed by atoms with Crippen LogP contribution in [0.5, 0.6) is 5.75 Å². The van der Waals surface area contributed by atoms with E-state index in [9.17, 15) is 9.59 Å². The van der Waals surface area contributed by atoms with Gasteiger partial charge in [0.1, 0.15) is 11.3 Å². The fraction of sp³-hybridized carbons (Fsp3) is 0.200. The van der Waals surface area contributed by atoms with Crippen LogP contribution in [0.1, 0.15) is 23.7 Å². The molecule has 0 bridgehead atoms. The number of carbonyl (C=O) groups excluding carboxylic acids is 1. The zero-order valence-electron chi connectivity index (χ0n) is 10.9. The van der Waals surface area contributed by atoms with Gasteiger partial charge in [-0.15, -0.1) is 0 Å². The maximum Gasteiger partial charge on any atom is 0.336 e. The number of ether oxygens (including phenoxy) is 1. The van der Waals surface area contributed by atoms with Crippen LogP contribution in [0.15, 0.2) is 45.6 Å². The monoisotopic (exact) mass is 258 g/mol. The summed E-state index contributed by atoms with van der Waals surface area (Å²) in [6.45, 7) is 5.49. The number of rotatable bonds is 4. The highest BCUT2D eigenvalue weighted by Crippen LogP contribution is 2.28. The second-order valence-corrected chi connectivity index (χ2v) is 4.37. The lowest BCUT2D eigenvalue weighted by Crippen LogP contribution is -2.06. The number of hydrogen-bond donors (Lipinski definition) is 0. The van der Waals surface area contributed by atoms with Gasteiger partial charge in [-0.1, -0.05) is 12.2 Å². The lowest BCUT2D eigenvalue weighted by molar-refractivity contribution is 0.0991. The van der Waals surface area contributed by atoms with E-state index in [0.29, 0.717) is 16.7 Å². The average Bonchev–Trinajstić information content (AvgIpc) is 2.36. The molecule has 0 amide bonds. The standard InChI is InChI=1S/C15H14O4/c1-9(2)8-11(16)14-12(18-3)6-4-10-5-7-13(17)19-15(10)14/h4-7H,1,8H2,2-3H3. The summed E-state index contributed by atoms with van der Waals surface area (Å²) in [6.07, 6.45) is 0.189. The second kappa shape index (κ2) is 5.10. The van der Waals surface area contributed by atoms with E-state index in [1.165, 1.54) is 13.2 Å². The molecule has 2 aromatic rings. The lowest BCUT2D eigenvalue weighted by Gasteiger charge is -2.09. The number of carbonyl (C=O) groups is 1. The zero-order valence-corrected chi connectivity index (χ0v) is 10.9. The van der Waals surface area contributed by atoms with Gasteiger partial charge in [0.25, 0.3) is 0 Å². The summed E-state index contributed by atoms with van der Waals surface area (Å²) in [4.78, 5) is 23.6. The van der Waals surface area contributed by atoms with Gasteiger partial charge in [-0.2, -0.15) is 0 Å². The lowest BCUT2D eigenvalue weighted by atomic mass is 10.0. The first-order valence-electron chi connectivity index (χ1n) is 5.81. The van der Waals surface area contributed by atoms with Crippen molar-refractivity contribution in [1.29, 1.82) is 0 Å². The van der Waals surface area contributed by atoms with Gasteiger partial charge in [-0.25, -0.2) is 4.79 Å². The molecule has 0 N–H and O–H groups in total. The van der Waals surface area contributed by atoms with Gasteiger partial charge < -0.3 is 9.15 Å². The van der Waals surface area contributed by atoms with Crippen LogP contribution in [0.2, 0.25) is 0 Å². The normalized spacial score (nSPS) is 10.4. The van der Waals surface area contributed by atoms with Gasteiger partial charge in [-0.3, -0.25) is 4.79 Å². The van der Waals surface area contributed by atoms with E-state index in [1.54, 1.807) is 25.1 Å². The third kappa shape index (κ3) is 2.57. The van der Waals surface area contributed by atoms with Crippen molar-refractivity contribution >= 4 is 16.8 Å². The van der Waals surface area contributed by atoms with Crippen LogP contribution in [-0.2, 0) is 0 Å². The summed E-state index contributed by atoms with van der Waals surface area (Å²) in [5.74, 6) is 0.220. The molecule has 0 fully saturated rings. The summed E-state index contributed by atoms with van der Waals surface area (Å²) in [6, 6.07) is 6.38. The van der Waals surface area contributed by atoms with Crippen molar-refractivity contribution in [2.75, 3.05) is 7.11 Å². The van der Waals surface area contributed by atoms with Crippen molar-refractivity contribution in [1.82, 2.24) is 0 Å². The van der Waals surface area contributed by atoms with Gasteiger partial charge in [0.05, 0.1) is 7.11 Å². The molecule has 0 unspecified atom stereocenters. The highest BCUT2D eigenvalue weighted by Gasteiger charge is 2.18. The molecule has 1 heterocycles. The van der Waals surface area contributed by atoms with Gasteiger partial charge in [0, 0.05) is 17.9 Å². The minimum absolute atomic E-state index is 0.177. The van der Waals surface area contributed by atoms with E-state index in [1.807, 2.05) is 0 Å². The molecule has 0 spiro atoms. The van der Waals surface area contributed by atoms with Crippen LogP contribution in [0, 0.1) is 0 Å². The molecule has 1 aromatic carbocycles. The number of methoxy groups -OCH3 is 1. The van der Waals surface area contributed by atoms with Gasteiger partial charge in [0.2, 0.25) is 0 Å². The topological polar surface area (TPSA) is 56.5 Å². The molecule has 0 aliphatic carbocycles. The number of fused-ring (bicyclic) bond motifs is 1. The smallest absolute Gasteiger partial charge is 0.336 e. The first-order valence-corrected chi connectivity index (χ1v) is 5.81. The van der Waals surface area contributed by atoms with E-state index >= 15 is 0 Å². The predicted octanol–water partition coefficient (Wildman–Crippen LogP) is 2.95. The Kier molecular flexibility index (Phi) is 3.51. The molecule has 98 valence electrons. The van der Waals surface area contributed by atoms with Crippen molar-refractivity contribution in [2.45, 2.75) is 13.3 Å². The Bertz CT molecular complexity index is 710. The molecule has 0 saturated carbocycles.